The number of hydrogen-bond donors (Lipinski definition) is 0. The summed E-state index contributed by atoms with van der Waals surface area (Å²) in [5.74, 6) is -0.201. The van der Waals surface area contributed by atoms with Crippen molar-refractivity contribution in [3.8, 4) is 11.1 Å². The van der Waals surface area contributed by atoms with E-state index in [4.69, 9.17) is 0 Å². The van der Waals surface area contributed by atoms with E-state index < -0.39 is 0 Å². The molecule has 0 unspecified atom stereocenters. The van der Waals surface area contributed by atoms with Gasteiger partial charge < -0.3 is 0 Å². The molecule has 0 saturated heterocycles. The third-order valence-corrected chi connectivity index (χ3v) is 4.62. The Morgan fingerprint density at radius 2 is 1.29 bits per heavy atom. The summed E-state index contributed by atoms with van der Waals surface area (Å²) in [7, 11) is 0. The molecular weight excluding hydrogens is 295 g/mol. The molecule has 4 aromatic rings. The van der Waals surface area contributed by atoms with Crippen molar-refractivity contribution in [3.05, 3.63) is 84.2 Å². The molecule has 0 aromatic heterocycles. The SMILES string of the molecule is CCCc1ccc2c(ccc3cc(-c4ccc(F)cc4)ccc32)c1. The summed E-state index contributed by atoms with van der Waals surface area (Å²) in [6.07, 6.45) is 2.29. The molecule has 0 spiro atoms. The van der Waals surface area contributed by atoms with Gasteiger partial charge in [-0.1, -0.05) is 67.9 Å². The largest absolute Gasteiger partial charge is 0.207 e. The highest BCUT2D eigenvalue weighted by atomic mass is 19.1. The average Bonchev–Trinajstić information content (AvgIpc) is 2.62. The van der Waals surface area contributed by atoms with Crippen molar-refractivity contribution in [1.82, 2.24) is 0 Å². The smallest absolute Gasteiger partial charge is 0.123 e. The lowest BCUT2D eigenvalue weighted by Crippen LogP contribution is -1.85. The van der Waals surface area contributed by atoms with Crippen molar-refractivity contribution in [1.29, 1.82) is 0 Å². The Kier molecular flexibility index (Phi) is 3.78. The Labute approximate surface area is 141 Å². The van der Waals surface area contributed by atoms with Crippen LogP contribution >= 0.6 is 0 Å². The first-order valence-corrected chi connectivity index (χ1v) is 8.46. The number of fused-ring (bicyclic) bond motifs is 3. The molecule has 0 amide bonds. The Balaban J connectivity index is 1.84. The molecule has 0 saturated carbocycles. The summed E-state index contributed by atoms with van der Waals surface area (Å²) in [4.78, 5) is 0. The first-order chi connectivity index (χ1) is 11.7. The van der Waals surface area contributed by atoms with E-state index in [1.165, 1.54) is 45.7 Å². The molecule has 0 atom stereocenters. The van der Waals surface area contributed by atoms with Gasteiger partial charge in [0.2, 0.25) is 0 Å². The van der Waals surface area contributed by atoms with Gasteiger partial charge in [-0.2, -0.15) is 0 Å². The molecule has 0 heterocycles. The molecule has 0 aliphatic heterocycles. The van der Waals surface area contributed by atoms with Gasteiger partial charge in [0.05, 0.1) is 0 Å². The summed E-state index contributed by atoms with van der Waals surface area (Å²) in [5.41, 5.74) is 3.55. The normalized spacial score (nSPS) is 11.2. The molecule has 118 valence electrons. The molecule has 0 nitrogen and oxygen atoms in total. The number of benzene rings is 4. The minimum atomic E-state index is -0.201. The molecule has 1 heteroatoms. The summed E-state index contributed by atoms with van der Waals surface area (Å²) < 4.78 is 13.1. The second-order valence-corrected chi connectivity index (χ2v) is 6.31. The lowest BCUT2D eigenvalue weighted by atomic mass is 9.96. The molecule has 0 aliphatic carbocycles. The maximum atomic E-state index is 13.1. The van der Waals surface area contributed by atoms with E-state index >= 15 is 0 Å². The zero-order chi connectivity index (χ0) is 16.5. The van der Waals surface area contributed by atoms with Crippen molar-refractivity contribution in [2.45, 2.75) is 19.8 Å². The zero-order valence-electron chi connectivity index (χ0n) is 13.7. The number of halogens is 1. The number of hydrogen-bond acceptors (Lipinski definition) is 0. The predicted molar refractivity (Wildman–Crippen MR) is 101 cm³/mol. The first kappa shape index (κ1) is 14.9. The van der Waals surface area contributed by atoms with E-state index in [1.807, 2.05) is 12.1 Å². The summed E-state index contributed by atoms with van der Waals surface area (Å²) in [6.45, 7) is 2.21. The molecule has 0 fully saturated rings. The Morgan fingerprint density at radius 3 is 2.00 bits per heavy atom. The standard InChI is InChI=1S/C23H19F/c1-2-3-16-4-12-22-19(14-16)5-6-20-15-18(9-13-23(20)22)17-7-10-21(24)11-8-17/h4-15H,2-3H2,1H3. The minimum absolute atomic E-state index is 0.201. The fourth-order valence-corrected chi connectivity index (χ4v) is 3.39. The van der Waals surface area contributed by atoms with Gasteiger partial charge in [0, 0.05) is 0 Å². The van der Waals surface area contributed by atoms with Gasteiger partial charge in [0.25, 0.3) is 0 Å². The third-order valence-electron chi connectivity index (χ3n) is 4.62. The Bertz CT molecular complexity index is 1010. The van der Waals surface area contributed by atoms with Crippen LogP contribution in [0.1, 0.15) is 18.9 Å². The predicted octanol–water partition coefficient (Wildman–Crippen LogP) is 6.75. The van der Waals surface area contributed by atoms with Crippen LogP contribution in [0, 0.1) is 5.82 Å². The topological polar surface area (TPSA) is 0 Å². The van der Waals surface area contributed by atoms with Crippen LogP contribution in [0.3, 0.4) is 0 Å². The highest BCUT2D eigenvalue weighted by Crippen LogP contribution is 2.30. The van der Waals surface area contributed by atoms with Gasteiger partial charge in [0.1, 0.15) is 5.82 Å². The van der Waals surface area contributed by atoms with E-state index in [0.717, 1.165) is 17.5 Å². The van der Waals surface area contributed by atoms with Crippen LogP contribution in [0.4, 0.5) is 4.39 Å². The van der Waals surface area contributed by atoms with Crippen molar-refractivity contribution >= 4 is 21.5 Å². The maximum Gasteiger partial charge on any atom is 0.123 e. The van der Waals surface area contributed by atoms with E-state index in [0.29, 0.717) is 0 Å². The zero-order valence-corrected chi connectivity index (χ0v) is 13.7. The molecule has 0 bridgehead atoms. The molecule has 0 radical (unpaired) electrons. The van der Waals surface area contributed by atoms with Crippen LogP contribution in [0.2, 0.25) is 0 Å². The van der Waals surface area contributed by atoms with Gasteiger partial charge in [0.15, 0.2) is 0 Å². The summed E-state index contributed by atoms with van der Waals surface area (Å²) >= 11 is 0. The molecular formula is C23H19F. The van der Waals surface area contributed by atoms with E-state index in [1.54, 1.807) is 0 Å². The van der Waals surface area contributed by atoms with Crippen molar-refractivity contribution in [3.63, 3.8) is 0 Å². The second kappa shape index (κ2) is 6.09. The van der Waals surface area contributed by atoms with Crippen LogP contribution in [-0.4, -0.2) is 0 Å². The van der Waals surface area contributed by atoms with Crippen molar-refractivity contribution in [2.75, 3.05) is 0 Å². The van der Waals surface area contributed by atoms with Gasteiger partial charge in [-0.05, 0) is 62.9 Å². The maximum absolute atomic E-state index is 13.1. The third kappa shape index (κ3) is 2.67. The molecule has 0 N–H and O–H groups in total. The van der Waals surface area contributed by atoms with E-state index in [2.05, 4.69) is 55.5 Å². The Morgan fingerprint density at radius 1 is 0.667 bits per heavy atom. The van der Waals surface area contributed by atoms with Gasteiger partial charge in [-0.25, -0.2) is 4.39 Å². The van der Waals surface area contributed by atoms with Crippen molar-refractivity contribution < 1.29 is 4.39 Å². The Hall–Kier alpha value is -2.67. The van der Waals surface area contributed by atoms with E-state index in [9.17, 15) is 4.39 Å². The number of rotatable bonds is 3. The highest BCUT2D eigenvalue weighted by molar-refractivity contribution is 6.08. The fourth-order valence-electron chi connectivity index (χ4n) is 3.39. The first-order valence-electron chi connectivity index (χ1n) is 8.46. The van der Waals surface area contributed by atoms with Crippen LogP contribution in [-0.2, 0) is 6.42 Å². The number of aryl methyl sites for hydroxylation is 1. The lowest BCUT2D eigenvalue weighted by molar-refractivity contribution is 0.628. The fraction of sp³-hybridized carbons (Fsp3) is 0.130. The lowest BCUT2D eigenvalue weighted by Gasteiger charge is -2.09. The summed E-state index contributed by atoms with van der Waals surface area (Å²) in [6, 6.07) is 24.3. The van der Waals surface area contributed by atoms with Gasteiger partial charge in [-0.3, -0.25) is 0 Å². The second-order valence-electron chi connectivity index (χ2n) is 6.31. The van der Waals surface area contributed by atoms with Crippen LogP contribution in [0.5, 0.6) is 0 Å². The average molecular weight is 314 g/mol. The van der Waals surface area contributed by atoms with Gasteiger partial charge >= 0.3 is 0 Å². The van der Waals surface area contributed by atoms with Crippen molar-refractivity contribution in [2.24, 2.45) is 0 Å². The van der Waals surface area contributed by atoms with Crippen LogP contribution in [0.15, 0.2) is 72.8 Å². The van der Waals surface area contributed by atoms with Crippen LogP contribution < -0.4 is 0 Å². The molecule has 0 aliphatic rings. The van der Waals surface area contributed by atoms with Gasteiger partial charge in [-0.15, -0.1) is 0 Å². The molecule has 4 rings (SSSR count). The summed E-state index contributed by atoms with van der Waals surface area (Å²) in [5, 5.41) is 5.06. The quantitative estimate of drug-likeness (QED) is 0.367. The van der Waals surface area contributed by atoms with E-state index in [-0.39, 0.29) is 5.82 Å². The van der Waals surface area contributed by atoms with Crippen LogP contribution in [0.25, 0.3) is 32.7 Å². The monoisotopic (exact) mass is 314 g/mol. The molecule has 4 aromatic carbocycles. The molecule has 24 heavy (non-hydrogen) atoms. The minimum Gasteiger partial charge on any atom is -0.207 e. The highest BCUT2D eigenvalue weighted by Gasteiger charge is 2.04.